The van der Waals surface area contributed by atoms with Crippen LogP contribution < -0.4 is 0 Å². The number of fused-ring (bicyclic) bond motifs is 3. The Hall–Kier alpha value is -5.98. The lowest BCUT2D eigenvalue weighted by Crippen LogP contribution is -2.01. The third kappa shape index (κ3) is 4.17. The highest BCUT2D eigenvalue weighted by Gasteiger charge is 2.21. The summed E-state index contributed by atoms with van der Waals surface area (Å²) in [4.78, 5) is 5.16. The van der Waals surface area contributed by atoms with E-state index in [2.05, 4.69) is 138 Å². The van der Waals surface area contributed by atoms with E-state index in [0.29, 0.717) is 5.56 Å². The summed E-state index contributed by atoms with van der Waals surface area (Å²) < 4.78 is 2.31. The number of hydrogen-bond donors (Lipinski definition) is 0. The molecule has 0 aliphatic rings. The highest BCUT2D eigenvalue weighted by Crippen LogP contribution is 2.43. The first-order valence-corrected chi connectivity index (χ1v) is 14.4. The number of imidazole rings is 1. The van der Waals surface area contributed by atoms with Crippen LogP contribution in [0.15, 0.2) is 152 Å². The molecule has 3 nitrogen and oxygen atoms in total. The molecule has 200 valence electrons. The van der Waals surface area contributed by atoms with Gasteiger partial charge in [0.1, 0.15) is 5.82 Å². The lowest BCUT2D eigenvalue weighted by molar-refractivity contribution is 1.11. The molecule has 0 unspecified atom stereocenters. The summed E-state index contributed by atoms with van der Waals surface area (Å²) in [6, 6.07) is 55.1. The molecular weight excluding hydrogens is 522 g/mol. The van der Waals surface area contributed by atoms with Crippen LogP contribution in [0, 0.1) is 11.3 Å². The molecule has 8 rings (SSSR count). The van der Waals surface area contributed by atoms with Crippen molar-refractivity contribution in [2.24, 2.45) is 0 Å². The Bertz CT molecular complexity index is 2340. The van der Waals surface area contributed by atoms with Crippen molar-refractivity contribution in [3.8, 4) is 45.4 Å². The molecular formula is C40H25N3. The molecule has 1 heterocycles. The lowest BCUT2D eigenvalue weighted by Gasteiger charge is -2.20. The fourth-order valence-electron chi connectivity index (χ4n) is 6.20. The number of aromatic nitrogens is 2. The minimum absolute atomic E-state index is 0.648. The van der Waals surface area contributed by atoms with Crippen molar-refractivity contribution >= 4 is 32.6 Å². The van der Waals surface area contributed by atoms with E-state index in [9.17, 15) is 5.26 Å². The fourth-order valence-corrected chi connectivity index (χ4v) is 6.20. The molecule has 0 atom stereocenters. The van der Waals surface area contributed by atoms with Gasteiger partial charge in [-0.25, -0.2) is 4.98 Å². The molecule has 0 radical (unpaired) electrons. The first-order valence-electron chi connectivity index (χ1n) is 14.4. The molecule has 0 saturated heterocycles. The SMILES string of the molecule is N#Cc1ccc(-c2c(-c3cc4ccccc4cc3-n3c(-c4ccccc4)nc4ccccc43)ccc3ccccc23)cc1. The van der Waals surface area contributed by atoms with E-state index < -0.39 is 0 Å². The topological polar surface area (TPSA) is 41.6 Å². The molecule has 0 aliphatic carbocycles. The fraction of sp³-hybridized carbons (Fsp3) is 0. The van der Waals surface area contributed by atoms with Crippen LogP contribution in [0.2, 0.25) is 0 Å². The smallest absolute Gasteiger partial charge is 0.145 e. The van der Waals surface area contributed by atoms with Crippen LogP contribution in [0.3, 0.4) is 0 Å². The Kier molecular flexibility index (Phi) is 5.84. The molecule has 0 spiro atoms. The Morgan fingerprint density at radius 2 is 1.21 bits per heavy atom. The second-order valence-corrected chi connectivity index (χ2v) is 10.7. The summed E-state index contributed by atoms with van der Waals surface area (Å²) >= 11 is 0. The van der Waals surface area contributed by atoms with E-state index in [0.717, 1.165) is 50.4 Å². The Morgan fingerprint density at radius 1 is 0.535 bits per heavy atom. The van der Waals surface area contributed by atoms with E-state index in [4.69, 9.17) is 4.98 Å². The summed E-state index contributed by atoms with van der Waals surface area (Å²) in [5, 5.41) is 14.2. The molecule has 8 aromatic rings. The second kappa shape index (κ2) is 10.1. The second-order valence-electron chi connectivity index (χ2n) is 10.7. The van der Waals surface area contributed by atoms with E-state index in [1.54, 1.807) is 0 Å². The van der Waals surface area contributed by atoms with Crippen LogP contribution in [-0.4, -0.2) is 9.55 Å². The van der Waals surface area contributed by atoms with Gasteiger partial charge in [-0.05, 0) is 74.6 Å². The summed E-state index contributed by atoms with van der Waals surface area (Å²) in [6.07, 6.45) is 0. The van der Waals surface area contributed by atoms with Gasteiger partial charge in [-0.15, -0.1) is 0 Å². The van der Waals surface area contributed by atoms with Crippen molar-refractivity contribution in [1.82, 2.24) is 9.55 Å². The lowest BCUT2D eigenvalue weighted by atomic mass is 9.88. The average molecular weight is 548 g/mol. The maximum Gasteiger partial charge on any atom is 0.145 e. The van der Waals surface area contributed by atoms with Crippen LogP contribution in [0.5, 0.6) is 0 Å². The quantitative estimate of drug-likeness (QED) is 0.220. The number of rotatable bonds is 4. The number of benzene rings is 7. The Balaban J connectivity index is 1.51. The summed E-state index contributed by atoms with van der Waals surface area (Å²) in [5.41, 5.74) is 9.23. The maximum atomic E-state index is 9.49. The molecule has 0 bridgehead atoms. The Labute approximate surface area is 249 Å². The van der Waals surface area contributed by atoms with Crippen LogP contribution in [0.4, 0.5) is 0 Å². The first kappa shape index (κ1) is 24.8. The van der Waals surface area contributed by atoms with Crippen molar-refractivity contribution < 1.29 is 0 Å². The van der Waals surface area contributed by atoms with Gasteiger partial charge in [-0.2, -0.15) is 5.26 Å². The number of hydrogen-bond acceptors (Lipinski definition) is 2. The monoisotopic (exact) mass is 547 g/mol. The largest absolute Gasteiger partial charge is 0.292 e. The standard InChI is InChI=1S/C40H25N3/c41-26-27-18-20-29(21-19-27)39-33-15-7-6-10-28(33)22-23-34(39)35-24-31-13-4-5-14-32(31)25-38(35)43-37-17-9-8-16-36(37)42-40(43)30-11-2-1-3-12-30/h1-25H. The molecule has 0 N–H and O–H groups in total. The van der Waals surface area contributed by atoms with Gasteiger partial charge in [0.15, 0.2) is 0 Å². The highest BCUT2D eigenvalue weighted by molar-refractivity contribution is 6.07. The van der Waals surface area contributed by atoms with E-state index >= 15 is 0 Å². The zero-order chi connectivity index (χ0) is 28.8. The summed E-state index contributed by atoms with van der Waals surface area (Å²) in [5.74, 6) is 0.902. The normalized spacial score (nSPS) is 11.2. The molecule has 0 aliphatic heterocycles. The molecule has 3 heteroatoms. The minimum Gasteiger partial charge on any atom is -0.292 e. The van der Waals surface area contributed by atoms with Gasteiger partial charge in [0.2, 0.25) is 0 Å². The zero-order valence-corrected chi connectivity index (χ0v) is 23.3. The number of nitriles is 1. The van der Waals surface area contributed by atoms with Gasteiger partial charge >= 0.3 is 0 Å². The van der Waals surface area contributed by atoms with Crippen LogP contribution in [0.1, 0.15) is 5.56 Å². The van der Waals surface area contributed by atoms with Crippen molar-refractivity contribution in [1.29, 1.82) is 5.26 Å². The molecule has 1 aromatic heterocycles. The van der Waals surface area contributed by atoms with Gasteiger partial charge in [0.05, 0.1) is 28.4 Å². The predicted molar refractivity (Wildman–Crippen MR) is 177 cm³/mol. The minimum atomic E-state index is 0.648. The number of nitrogens with zero attached hydrogens (tertiary/aromatic N) is 3. The van der Waals surface area contributed by atoms with Crippen LogP contribution in [-0.2, 0) is 0 Å². The first-order chi connectivity index (χ1) is 21.3. The van der Waals surface area contributed by atoms with E-state index in [-0.39, 0.29) is 0 Å². The third-order valence-electron chi connectivity index (χ3n) is 8.22. The van der Waals surface area contributed by atoms with Crippen LogP contribution in [0.25, 0.3) is 71.9 Å². The molecule has 0 saturated carbocycles. The van der Waals surface area contributed by atoms with Crippen molar-refractivity contribution in [3.05, 3.63) is 157 Å². The molecule has 0 fully saturated rings. The van der Waals surface area contributed by atoms with Crippen molar-refractivity contribution in [2.45, 2.75) is 0 Å². The van der Waals surface area contributed by atoms with Crippen LogP contribution >= 0.6 is 0 Å². The summed E-state index contributed by atoms with van der Waals surface area (Å²) in [6.45, 7) is 0. The maximum absolute atomic E-state index is 9.49. The molecule has 0 amide bonds. The third-order valence-corrected chi connectivity index (χ3v) is 8.22. The van der Waals surface area contributed by atoms with Gasteiger partial charge in [0.25, 0.3) is 0 Å². The highest BCUT2D eigenvalue weighted by atomic mass is 15.1. The molecule has 7 aromatic carbocycles. The van der Waals surface area contributed by atoms with E-state index in [1.165, 1.54) is 21.5 Å². The zero-order valence-electron chi connectivity index (χ0n) is 23.3. The number of para-hydroxylation sites is 2. The predicted octanol–water partition coefficient (Wildman–Crippen LogP) is 10.2. The van der Waals surface area contributed by atoms with Gasteiger partial charge in [0, 0.05) is 11.1 Å². The van der Waals surface area contributed by atoms with Gasteiger partial charge in [-0.1, -0.05) is 115 Å². The van der Waals surface area contributed by atoms with E-state index in [1.807, 2.05) is 24.3 Å². The summed E-state index contributed by atoms with van der Waals surface area (Å²) in [7, 11) is 0. The van der Waals surface area contributed by atoms with Gasteiger partial charge in [-0.3, -0.25) is 4.57 Å². The Morgan fingerprint density at radius 3 is 2.00 bits per heavy atom. The van der Waals surface area contributed by atoms with Crippen molar-refractivity contribution in [2.75, 3.05) is 0 Å². The molecule has 43 heavy (non-hydrogen) atoms. The van der Waals surface area contributed by atoms with Crippen molar-refractivity contribution in [3.63, 3.8) is 0 Å². The average Bonchev–Trinajstić information content (AvgIpc) is 3.47. The van der Waals surface area contributed by atoms with Gasteiger partial charge < -0.3 is 0 Å².